The quantitative estimate of drug-likeness (QED) is 0.851. The van der Waals surface area contributed by atoms with E-state index in [0.717, 1.165) is 16.5 Å². The van der Waals surface area contributed by atoms with Crippen molar-refractivity contribution in [2.75, 3.05) is 6.54 Å². The number of dihydropyridines is 1. The first-order valence-corrected chi connectivity index (χ1v) is 6.14. The maximum Gasteiger partial charge on any atom is 0.139 e. The molecule has 2 heterocycles. The smallest absolute Gasteiger partial charge is 0.139 e. The van der Waals surface area contributed by atoms with Crippen LogP contribution in [0.2, 0.25) is 0 Å². The molecule has 1 aromatic heterocycles. The van der Waals surface area contributed by atoms with Gasteiger partial charge in [-0.2, -0.15) is 0 Å². The molecular weight excluding hydrogens is 241 g/mol. The van der Waals surface area contributed by atoms with Gasteiger partial charge in [-0.3, -0.25) is 4.99 Å². The molecule has 0 radical (unpaired) electrons. The molecular formula is C15H14FN3. The van der Waals surface area contributed by atoms with Crippen LogP contribution in [0.15, 0.2) is 53.2 Å². The van der Waals surface area contributed by atoms with E-state index in [9.17, 15) is 4.39 Å². The van der Waals surface area contributed by atoms with Crippen molar-refractivity contribution in [3.8, 4) is 0 Å². The van der Waals surface area contributed by atoms with E-state index in [1.807, 2.05) is 42.6 Å². The van der Waals surface area contributed by atoms with Crippen LogP contribution in [0.25, 0.3) is 17.0 Å². The molecule has 0 bridgehead atoms. The van der Waals surface area contributed by atoms with Crippen LogP contribution in [0.5, 0.6) is 0 Å². The number of nitrogens with two attached hydrogens (primary N) is 1. The molecule has 1 unspecified atom stereocenters. The van der Waals surface area contributed by atoms with E-state index >= 15 is 0 Å². The van der Waals surface area contributed by atoms with Gasteiger partial charge in [-0.15, -0.1) is 0 Å². The molecule has 3 N–H and O–H groups in total. The fourth-order valence-electron chi connectivity index (χ4n) is 2.19. The second kappa shape index (κ2) is 4.72. The number of hydrogen-bond acceptors (Lipinski definition) is 2. The summed E-state index contributed by atoms with van der Waals surface area (Å²) < 4.78 is 13.3. The average Bonchev–Trinajstić information content (AvgIpc) is 2.88. The topological polar surface area (TPSA) is 54.2 Å². The molecule has 0 saturated heterocycles. The van der Waals surface area contributed by atoms with Crippen LogP contribution in [-0.2, 0) is 0 Å². The summed E-state index contributed by atoms with van der Waals surface area (Å²) in [4.78, 5) is 7.11. The molecule has 1 aliphatic heterocycles. The molecule has 3 nitrogen and oxygen atoms in total. The summed E-state index contributed by atoms with van der Waals surface area (Å²) in [5.74, 6) is 0.395. The summed E-state index contributed by atoms with van der Waals surface area (Å²) in [5.41, 5.74) is 8.54. The molecule has 1 aromatic carbocycles. The number of aromatic nitrogens is 1. The highest BCUT2D eigenvalue weighted by molar-refractivity contribution is 6.01. The van der Waals surface area contributed by atoms with Crippen LogP contribution < -0.4 is 5.73 Å². The Bertz CT molecular complexity index is 694. The van der Waals surface area contributed by atoms with Crippen LogP contribution in [-0.4, -0.2) is 23.5 Å². The Morgan fingerprint density at radius 3 is 3.11 bits per heavy atom. The van der Waals surface area contributed by atoms with Crippen molar-refractivity contribution in [1.82, 2.24) is 4.98 Å². The van der Waals surface area contributed by atoms with Crippen molar-refractivity contribution in [1.29, 1.82) is 0 Å². The molecule has 3 rings (SSSR count). The molecule has 0 spiro atoms. The van der Waals surface area contributed by atoms with Crippen molar-refractivity contribution in [3.63, 3.8) is 0 Å². The van der Waals surface area contributed by atoms with Gasteiger partial charge < -0.3 is 10.7 Å². The zero-order chi connectivity index (χ0) is 13.2. The average molecular weight is 255 g/mol. The van der Waals surface area contributed by atoms with E-state index in [2.05, 4.69) is 9.98 Å². The molecule has 0 aliphatic carbocycles. The van der Waals surface area contributed by atoms with E-state index in [1.165, 1.54) is 6.08 Å². The zero-order valence-corrected chi connectivity index (χ0v) is 10.3. The lowest BCUT2D eigenvalue weighted by Crippen LogP contribution is -2.22. The number of H-pyrrole nitrogens is 1. The molecule has 4 heteroatoms. The van der Waals surface area contributed by atoms with Gasteiger partial charge >= 0.3 is 0 Å². The minimum atomic E-state index is -1.05. The van der Waals surface area contributed by atoms with Gasteiger partial charge in [0.25, 0.3) is 0 Å². The number of rotatable bonds is 2. The van der Waals surface area contributed by atoms with Crippen LogP contribution in [0.3, 0.4) is 0 Å². The molecule has 0 saturated carbocycles. The van der Waals surface area contributed by atoms with Crippen LogP contribution in [0.4, 0.5) is 4.39 Å². The van der Waals surface area contributed by atoms with Gasteiger partial charge in [-0.05, 0) is 23.8 Å². The van der Waals surface area contributed by atoms with Gasteiger partial charge in [0.05, 0.1) is 6.54 Å². The highest BCUT2D eigenvalue weighted by Gasteiger charge is 2.11. The maximum absolute atomic E-state index is 13.3. The molecule has 1 aliphatic rings. The van der Waals surface area contributed by atoms with Crippen molar-refractivity contribution in [3.05, 3.63) is 53.8 Å². The Balaban J connectivity index is 1.95. The molecule has 96 valence electrons. The normalized spacial score (nSPS) is 19.7. The standard InChI is InChI=1S/C15H14FN3/c16-12-8-11(15(17)19-9-12)5-4-10-2-1-3-14-13(10)6-7-18-14/h1-8,12,18H,9H2,(H2,17,19)/b5-4+. The lowest BCUT2D eigenvalue weighted by molar-refractivity contribution is 0.406. The number of hydrogen-bond donors (Lipinski definition) is 2. The van der Waals surface area contributed by atoms with E-state index < -0.39 is 6.17 Å². The third-order valence-corrected chi connectivity index (χ3v) is 3.16. The largest absolute Gasteiger partial charge is 0.384 e. The van der Waals surface area contributed by atoms with Crippen molar-refractivity contribution in [2.45, 2.75) is 6.17 Å². The van der Waals surface area contributed by atoms with E-state index in [-0.39, 0.29) is 6.54 Å². The predicted octanol–water partition coefficient (Wildman–Crippen LogP) is 2.82. The molecule has 0 amide bonds. The Labute approximate surface area is 110 Å². The number of fused-ring (bicyclic) bond motifs is 1. The van der Waals surface area contributed by atoms with E-state index in [4.69, 9.17) is 5.73 Å². The monoisotopic (exact) mass is 255 g/mol. The second-order valence-electron chi connectivity index (χ2n) is 4.48. The Hall–Kier alpha value is -2.36. The van der Waals surface area contributed by atoms with Gasteiger partial charge in [0.15, 0.2) is 0 Å². The van der Waals surface area contributed by atoms with Gasteiger partial charge in [-0.25, -0.2) is 4.39 Å². The molecule has 0 fully saturated rings. The number of alkyl halides is 1. The van der Waals surface area contributed by atoms with E-state index in [0.29, 0.717) is 11.4 Å². The summed E-state index contributed by atoms with van der Waals surface area (Å²) in [6.07, 6.45) is 6.11. The van der Waals surface area contributed by atoms with E-state index in [1.54, 1.807) is 0 Å². The molecule has 2 aromatic rings. The third kappa shape index (κ3) is 2.29. The summed E-state index contributed by atoms with van der Waals surface area (Å²) >= 11 is 0. The fraction of sp³-hybridized carbons (Fsp3) is 0.133. The number of halogens is 1. The van der Waals surface area contributed by atoms with Crippen molar-refractivity contribution < 1.29 is 4.39 Å². The summed E-state index contributed by atoms with van der Waals surface area (Å²) in [7, 11) is 0. The predicted molar refractivity (Wildman–Crippen MR) is 76.8 cm³/mol. The lowest BCUT2D eigenvalue weighted by Gasteiger charge is -2.10. The highest BCUT2D eigenvalue weighted by Crippen LogP contribution is 2.20. The Kier molecular flexibility index (Phi) is 2.91. The number of nitrogens with zero attached hydrogens (tertiary/aromatic N) is 1. The summed E-state index contributed by atoms with van der Waals surface area (Å²) in [6, 6.07) is 8.01. The molecule has 19 heavy (non-hydrogen) atoms. The van der Waals surface area contributed by atoms with Crippen LogP contribution in [0, 0.1) is 0 Å². The third-order valence-electron chi connectivity index (χ3n) is 3.16. The van der Waals surface area contributed by atoms with Crippen LogP contribution >= 0.6 is 0 Å². The zero-order valence-electron chi connectivity index (χ0n) is 10.3. The number of amidine groups is 1. The van der Waals surface area contributed by atoms with Gasteiger partial charge in [0.1, 0.15) is 12.0 Å². The Morgan fingerprint density at radius 1 is 1.32 bits per heavy atom. The van der Waals surface area contributed by atoms with Gasteiger partial charge in [-0.1, -0.05) is 24.3 Å². The minimum Gasteiger partial charge on any atom is -0.384 e. The number of aliphatic imine (C=N–C) groups is 1. The number of aromatic amines is 1. The minimum absolute atomic E-state index is 0.122. The van der Waals surface area contributed by atoms with Gasteiger partial charge in [0, 0.05) is 22.7 Å². The first-order valence-electron chi connectivity index (χ1n) is 6.14. The fourth-order valence-corrected chi connectivity index (χ4v) is 2.19. The summed E-state index contributed by atoms with van der Waals surface area (Å²) in [6.45, 7) is 0.122. The first kappa shape index (κ1) is 11.7. The lowest BCUT2D eigenvalue weighted by atomic mass is 10.1. The number of nitrogens with one attached hydrogen (secondary N) is 1. The first-order chi connectivity index (χ1) is 9.24. The number of benzene rings is 1. The van der Waals surface area contributed by atoms with Crippen LogP contribution in [0.1, 0.15) is 5.56 Å². The SMILES string of the molecule is NC1=NCC(F)C=C1/C=C/c1cccc2[nH]ccc12. The Morgan fingerprint density at radius 2 is 2.21 bits per heavy atom. The van der Waals surface area contributed by atoms with Gasteiger partial charge in [0.2, 0.25) is 0 Å². The summed E-state index contributed by atoms with van der Waals surface area (Å²) in [5, 5.41) is 1.13. The maximum atomic E-state index is 13.3. The van der Waals surface area contributed by atoms with Crippen molar-refractivity contribution in [2.24, 2.45) is 10.7 Å². The second-order valence-corrected chi connectivity index (χ2v) is 4.48. The molecule has 1 atom stereocenters. The highest BCUT2D eigenvalue weighted by atomic mass is 19.1. The van der Waals surface area contributed by atoms with Crippen molar-refractivity contribution >= 4 is 22.8 Å².